The SMILES string of the molecule is COc1ccc(S(N)(=O)=O)cc1C(=O)O[C@@H](C)C(=O)Nc1ccc2c(c1)CCC2. The van der Waals surface area contributed by atoms with Crippen molar-refractivity contribution in [3.8, 4) is 5.75 Å². The number of aryl methyl sites for hydroxylation is 2. The van der Waals surface area contributed by atoms with E-state index >= 15 is 0 Å². The number of hydrogen-bond donors (Lipinski definition) is 2. The Kier molecular flexibility index (Phi) is 5.90. The summed E-state index contributed by atoms with van der Waals surface area (Å²) in [6, 6.07) is 9.29. The number of sulfonamides is 1. The van der Waals surface area contributed by atoms with E-state index in [4.69, 9.17) is 14.6 Å². The summed E-state index contributed by atoms with van der Waals surface area (Å²) < 4.78 is 33.4. The standard InChI is InChI=1S/C20H22N2O6S/c1-12(19(23)22-15-7-6-13-4-3-5-14(13)10-15)28-20(24)17-11-16(29(21,25)26)8-9-18(17)27-2/h6-12H,3-5H2,1-2H3,(H,22,23)(H2,21,25,26)/t12-/m0/s1. The Labute approximate surface area is 169 Å². The summed E-state index contributed by atoms with van der Waals surface area (Å²) in [6.45, 7) is 1.43. The number of benzene rings is 2. The van der Waals surface area contributed by atoms with E-state index < -0.39 is 28.0 Å². The van der Waals surface area contributed by atoms with Crippen molar-refractivity contribution in [2.75, 3.05) is 12.4 Å². The molecule has 3 rings (SSSR count). The molecule has 9 heteroatoms. The van der Waals surface area contributed by atoms with E-state index in [1.807, 2.05) is 18.2 Å². The van der Waals surface area contributed by atoms with Crippen molar-refractivity contribution in [2.24, 2.45) is 5.14 Å². The van der Waals surface area contributed by atoms with Crippen LogP contribution in [-0.2, 0) is 32.4 Å². The summed E-state index contributed by atoms with van der Waals surface area (Å²) in [6.07, 6.45) is 2.00. The van der Waals surface area contributed by atoms with Crippen LogP contribution in [0, 0.1) is 0 Å². The van der Waals surface area contributed by atoms with Crippen LogP contribution >= 0.6 is 0 Å². The van der Waals surface area contributed by atoms with Crippen LogP contribution in [-0.4, -0.2) is 33.5 Å². The van der Waals surface area contributed by atoms with Gasteiger partial charge in [0.05, 0.1) is 12.0 Å². The van der Waals surface area contributed by atoms with Crippen molar-refractivity contribution in [3.63, 3.8) is 0 Å². The number of ether oxygens (including phenoxy) is 2. The molecule has 0 unspecified atom stereocenters. The minimum atomic E-state index is -4.02. The fourth-order valence-electron chi connectivity index (χ4n) is 3.19. The molecule has 3 N–H and O–H groups in total. The lowest BCUT2D eigenvalue weighted by Crippen LogP contribution is -2.30. The number of nitrogens with two attached hydrogens (primary N) is 1. The molecule has 1 atom stereocenters. The first-order valence-electron chi connectivity index (χ1n) is 9.03. The lowest BCUT2D eigenvalue weighted by molar-refractivity contribution is -0.123. The smallest absolute Gasteiger partial charge is 0.342 e. The van der Waals surface area contributed by atoms with Crippen LogP contribution < -0.4 is 15.2 Å². The topological polar surface area (TPSA) is 125 Å². The van der Waals surface area contributed by atoms with E-state index in [1.54, 1.807) is 0 Å². The molecule has 0 fully saturated rings. The maximum atomic E-state index is 12.5. The van der Waals surface area contributed by atoms with Crippen LogP contribution in [0.5, 0.6) is 5.75 Å². The predicted octanol–water partition coefficient (Wildman–Crippen LogP) is 2.02. The molecule has 2 aromatic rings. The van der Waals surface area contributed by atoms with E-state index in [2.05, 4.69) is 5.32 Å². The minimum absolute atomic E-state index is 0.105. The molecule has 2 aromatic carbocycles. The quantitative estimate of drug-likeness (QED) is 0.692. The van der Waals surface area contributed by atoms with Gasteiger partial charge in [-0.25, -0.2) is 18.4 Å². The number of carbonyl (C=O) groups excluding carboxylic acids is 2. The number of fused-ring (bicyclic) bond motifs is 1. The number of anilines is 1. The number of rotatable bonds is 6. The summed E-state index contributed by atoms with van der Waals surface area (Å²) >= 11 is 0. The Morgan fingerprint density at radius 1 is 1.10 bits per heavy atom. The molecule has 0 bridgehead atoms. The minimum Gasteiger partial charge on any atom is -0.496 e. The number of amides is 1. The van der Waals surface area contributed by atoms with E-state index in [1.165, 1.54) is 37.3 Å². The molecule has 0 spiro atoms. The number of esters is 1. The van der Waals surface area contributed by atoms with Crippen molar-refractivity contribution < 1.29 is 27.5 Å². The summed E-state index contributed by atoms with van der Waals surface area (Å²) in [4.78, 5) is 24.7. The average Bonchev–Trinajstić information content (AvgIpc) is 3.14. The van der Waals surface area contributed by atoms with Crippen molar-refractivity contribution >= 4 is 27.6 Å². The van der Waals surface area contributed by atoms with Gasteiger partial charge in [0.1, 0.15) is 11.3 Å². The second kappa shape index (κ2) is 8.22. The first kappa shape index (κ1) is 20.8. The fourth-order valence-corrected chi connectivity index (χ4v) is 3.73. The van der Waals surface area contributed by atoms with E-state index in [-0.39, 0.29) is 16.2 Å². The predicted molar refractivity (Wildman–Crippen MR) is 106 cm³/mol. The molecule has 0 aliphatic heterocycles. The maximum absolute atomic E-state index is 12.5. The number of primary sulfonamides is 1. The molecule has 0 heterocycles. The van der Waals surface area contributed by atoms with Gasteiger partial charge < -0.3 is 14.8 Å². The number of carbonyl (C=O) groups is 2. The van der Waals surface area contributed by atoms with Gasteiger partial charge in [-0.2, -0.15) is 0 Å². The van der Waals surface area contributed by atoms with Gasteiger partial charge in [-0.05, 0) is 67.6 Å². The highest BCUT2D eigenvalue weighted by Crippen LogP contribution is 2.26. The van der Waals surface area contributed by atoms with Crippen LogP contribution in [0.2, 0.25) is 0 Å². The van der Waals surface area contributed by atoms with Crippen LogP contribution in [0.25, 0.3) is 0 Å². The third-order valence-corrected chi connectivity index (χ3v) is 5.65. The summed E-state index contributed by atoms with van der Waals surface area (Å²) in [7, 11) is -2.69. The molecule has 0 radical (unpaired) electrons. The summed E-state index contributed by atoms with van der Waals surface area (Å²) in [5, 5.41) is 7.84. The van der Waals surface area contributed by atoms with Crippen LogP contribution in [0.15, 0.2) is 41.3 Å². The van der Waals surface area contributed by atoms with Gasteiger partial charge in [0.2, 0.25) is 10.0 Å². The Balaban J connectivity index is 1.72. The monoisotopic (exact) mass is 418 g/mol. The molecule has 29 heavy (non-hydrogen) atoms. The molecule has 1 aliphatic rings. The molecule has 1 aliphatic carbocycles. The third-order valence-electron chi connectivity index (χ3n) is 4.74. The van der Waals surface area contributed by atoms with Gasteiger partial charge in [-0.1, -0.05) is 6.07 Å². The Bertz CT molecular complexity index is 1060. The average molecular weight is 418 g/mol. The highest BCUT2D eigenvalue weighted by molar-refractivity contribution is 7.89. The molecule has 0 aromatic heterocycles. The maximum Gasteiger partial charge on any atom is 0.342 e. The van der Waals surface area contributed by atoms with Gasteiger partial charge >= 0.3 is 5.97 Å². The van der Waals surface area contributed by atoms with E-state index in [9.17, 15) is 18.0 Å². The Hall–Kier alpha value is -2.91. The first-order valence-corrected chi connectivity index (χ1v) is 10.6. The zero-order valence-electron chi connectivity index (χ0n) is 16.1. The molecule has 8 nitrogen and oxygen atoms in total. The van der Waals surface area contributed by atoms with Crippen molar-refractivity contribution in [2.45, 2.75) is 37.2 Å². The molecule has 0 saturated heterocycles. The summed E-state index contributed by atoms with van der Waals surface area (Å²) in [5.41, 5.74) is 2.98. The molecular weight excluding hydrogens is 396 g/mol. The van der Waals surface area contributed by atoms with Crippen molar-refractivity contribution in [3.05, 3.63) is 53.1 Å². The van der Waals surface area contributed by atoms with Crippen LogP contribution in [0.4, 0.5) is 5.69 Å². The highest BCUT2D eigenvalue weighted by Gasteiger charge is 2.24. The number of methoxy groups -OCH3 is 1. The molecule has 0 saturated carbocycles. The summed E-state index contributed by atoms with van der Waals surface area (Å²) in [5.74, 6) is -1.30. The second-order valence-electron chi connectivity index (χ2n) is 6.78. The Morgan fingerprint density at radius 2 is 1.83 bits per heavy atom. The van der Waals surface area contributed by atoms with Gasteiger partial charge in [0, 0.05) is 5.69 Å². The lowest BCUT2D eigenvalue weighted by Gasteiger charge is -2.15. The van der Waals surface area contributed by atoms with Gasteiger partial charge in [-0.15, -0.1) is 0 Å². The fraction of sp³-hybridized carbons (Fsp3) is 0.300. The van der Waals surface area contributed by atoms with Gasteiger partial charge in [-0.3, -0.25) is 4.79 Å². The van der Waals surface area contributed by atoms with E-state index in [0.717, 1.165) is 25.3 Å². The van der Waals surface area contributed by atoms with Crippen LogP contribution in [0.3, 0.4) is 0 Å². The first-order chi connectivity index (χ1) is 13.7. The third kappa shape index (κ3) is 4.75. The van der Waals surface area contributed by atoms with Crippen molar-refractivity contribution in [1.29, 1.82) is 0 Å². The van der Waals surface area contributed by atoms with Crippen molar-refractivity contribution in [1.82, 2.24) is 0 Å². The number of hydrogen-bond acceptors (Lipinski definition) is 6. The zero-order chi connectivity index (χ0) is 21.2. The molecule has 154 valence electrons. The molecule has 1 amide bonds. The Morgan fingerprint density at radius 3 is 2.52 bits per heavy atom. The van der Waals surface area contributed by atoms with Gasteiger partial charge in [0.15, 0.2) is 6.10 Å². The largest absolute Gasteiger partial charge is 0.496 e. The zero-order valence-corrected chi connectivity index (χ0v) is 16.9. The normalized spacial score (nSPS) is 14.0. The van der Waals surface area contributed by atoms with Crippen LogP contribution in [0.1, 0.15) is 34.8 Å². The second-order valence-corrected chi connectivity index (χ2v) is 8.34. The highest BCUT2D eigenvalue weighted by atomic mass is 32.2. The van der Waals surface area contributed by atoms with Gasteiger partial charge in [0.25, 0.3) is 5.91 Å². The number of nitrogens with one attached hydrogen (secondary N) is 1. The lowest BCUT2D eigenvalue weighted by atomic mass is 10.1. The van der Waals surface area contributed by atoms with E-state index in [0.29, 0.717) is 5.69 Å². The molecular formula is C20H22N2O6S.